The van der Waals surface area contributed by atoms with E-state index in [-0.39, 0.29) is 23.1 Å². The minimum atomic E-state index is -3.34. The molecule has 3 rings (SSSR count). The van der Waals surface area contributed by atoms with Crippen molar-refractivity contribution >= 4 is 17.4 Å². The number of nitrogens with zero attached hydrogens (tertiary/aromatic N) is 6. The van der Waals surface area contributed by atoms with Crippen LogP contribution in [0.25, 0.3) is 5.82 Å². The smallest absolute Gasteiger partial charge is 0.352 e. The average molecular weight is 515 g/mol. The molecule has 0 saturated heterocycles. The van der Waals surface area contributed by atoms with Gasteiger partial charge < -0.3 is 9.84 Å². The van der Waals surface area contributed by atoms with Crippen LogP contribution < -0.4 is 10.4 Å². The van der Waals surface area contributed by atoms with Crippen LogP contribution in [0.1, 0.15) is 48.3 Å². The van der Waals surface area contributed by atoms with Crippen LogP contribution in [0.3, 0.4) is 0 Å². The van der Waals surface area contributed by atoms with Crippen LogP contribution in [0.15, 0.2) is 17.2 Å². The Bertz CT molecular complexity index is 1320. The molecule has 3 aromatic rings. The first kappa shape index (κ1) is 26.3. The van der Waals surface area contributed by atoms with Crippen LogP contribution >= 0.6 is 11.6 Å². The van der Waals surface area contributed by atoms with E-state index in [1.165, 1.54) is 6.33 Å². The van der Waals surface area contributed by atoms with Gasteiger partial charge in [0.05, 0.1) is 28.4 Å². The Hall–Kier alpha value is -3.32. The fourth-order valence-electron chi connectivity index (χ4n) is 3.06. The lowest BCUT2D eigenvalue weighted by molar-refractivity contribution is -0.0734. The number of rotatable bonds is 9. The number of aryl methyl sites for hydroxylation is 1. The summed E-state index contributed by atoms with van der Waals surface area (Å²) in [6, 6.07) is 0.721. The Balaban J connectivity index is 2.14. The van der Waals surface area contributed by atoms with E-state index in [2.05, 4.69) is 20.1 Å². The molecule has 0 amide bonds. The summed E-state index contributed by atoms with van der Waals surface area (Å²) >= 11 is 6.14. The van der Waals surface area contributed by atoms with Crippen molar-refractivity contribution in [2.24, 2.45) is 0 Å². The molecule has 0 saturated carbocycles. The summed E-state index contributed by atoms with van der Waals surface area (Å²) < 4.78 is 49.7. The molecule has 0 radical (unpaired) electrons. The van der Waals surface area contributed by atoms with E-state index in [0.29, 0.717) is 17.3 Å². The number of carbonyl (C=O) groups excluding carboxylic acids is 1. The molecule has 3 aromatic heterocycles. The maximum atomic E-state index is 15.1. The van der Waals surface area contributed by atoms with Crippen LogP contribution in [0.5, 0.6) is 5.88 Å². The van der Waals surface area contributed by atoms with E-state index in [1.807, 2.05) is 0 Å². The first-order valence-electron chi connectivity index (χ1n) is 10.4. The second kappa shape index (κ2) is 10.1. The van der Waals surface area contributed by atoms with Gasteiger partial charge in [0.25, 0.3) is 5.92 Å². The monoisotopic (exact) mass is 514 g/mol. The highest BCUT2D eigenvalue weighted by atomic mass is 35.5. The summed E-state index contributed by atoms with van der Waals surface area (Å²) in [5.74, 6) is -6.64. The number of Topliss-reactive ketones (excluding diaryl/α,β-unsaturated/α-hetero) is 1. The number of hydrogen-bond acceptors (Lipinski definition) is 8. The number of ketones is 1. The predicted octanol–water partition coefficient (Wildman–Crippen LogP) is 2.68. The second-order valence-corrected chi connectivity index (χ2v) is 8.07. The molecular formula is C21H22ClF3N6O4. The van der Waals surface area contributed by atoms with Crippen LogP contribution in [-0.4, -0.2) is 52.2 Å². The first-order chi connectivity index (χ1) is 16.4. The lowest BCUT2D eigenvalue weighted by atomic mass is 10.1. The van der Waals surface area contributed by atoms with E-state index in [4.69, 9.17) is 16.3 Å². The molecule has 1 atom stereocenters. The van der Waals surface area contributed by atoms with Crippen LogP contribution in [-0.2, 0) is 19.6 Å². The maximum absolute atomic E-state index is 15.1. The summed E-state index contributed by atoms with van der Waals surface area (Å²) in [6.07, 6.45) is -0.991. The van der Waals surface area contributed by atoms with Gasteiger partial charge in [-0.05, 0) is 26.8 Å². The molecule has 0 aromatic carbocycles. The molecule has 14 heteroatoms. The molecule has 3 heterocycles. The fourth-order valence-corrected chi connectivity index (χ4v) is 3.22. The number of hydrogen-bond donors (Lipinski definition) is 1. The number of ether oxygens (including phenoxy) is 1. The van der Waals surface area contributed by atoms with Gasteiger partial charge in [0.15, 0.2) is 29.3 Å². The van der Waals surface area contributed by atoms with Crippen molar-refractivity contribution in [3.63, 3.8) is 0 Å². The lowest BCUT2D eigenvalue weighted by Gasteiger charge is -2.22. The number of carbonyl (C=O) groups is 1. The van der Waals surface area contributed by atoms with Gasteiger partial charge in [-0.15, -0.1) is 5.10 Å². The number of halogens is 4. The van der Waals surface area contributed by atoms with Gasteiger partial charge >= 0.3 is 5.69 Å². The van der Waals surface area contributed by atoms with Crippen LogP contribution in [0, 0.1) is 12.7 Å². The van der Waals surface area contributed by atoms with Gasteiger partial charge in [-0.25, -0.2) is 27.9 Å². The Morgan fingerprint density at radius 1 is 1.34 bits per heavy atom. The third kappa shape index (κ3) is 5.35. The second-order valence-electron chi connectivity index (χ2n) is 7.70. The number of alkyl halides is 2. The molecule has 35 heavy (non-hydrogen) atoms. The summed E-state index contributed by atoms with van der Waals surface area (Å²) in [4.78, 5) is 37.4. The zero-order valence-electron chi connectivity index (χ0n) is 19.2. The van der Waals surface area contributed by atoms with E-state index in [1.54, 1.807) is 13.8 Å². The number of aliphatic hydroxyl groups is 1. The number of aliphatic hydroxyl groups excluding tert-OH is 1. The van der Waals surface area contributed by atoms with Crippen molar-refractivity contribution in [2.75, 3.05) is 0 Å². The Labute approximate surface area is 202 Å². The number of pyridine rings is 1. The third-order valence-electron chi connectivity index (χ3n) is 5.19. The fraction of sp³-hybridized carbons (Fsp3) is 0.429. The van der Waals surface area contributed by atoms with Crippen LogP contribution in [0.4, 0.5) is 13.2 Å². The Kier molecular flexibility index (Phi) is 7.60. The zero-order valence-corrected chi connectivity index (χ0v) is 20.0. The van der Waals surface area contributed by atoms with E-state index in [9.17, 15) is 23.5 Å². The molecule has 0 spiro atoms. The molecule has 1 N–H and O–H groups in total. The van der Waals surface area contributed by atoms with Crippen LogP contribution in [0.2, 0.25) is 5.02 Å². The van der Waals surface area contributed by atoms with Crippen molar-refractivity contribution in [1.82, 2.24) is 29.3 Å². The van der Waals surface area contributed by atoms with E-state index >= 15 is 4.39 Å². The highest BCUT2D eigenvalue weighted by Crippen LogP contribution is 2.28. The van der Waals surface area contributed by atoms with E-state index < -0.39 is 59.6 Å². The normalized spacial score (nSPS) is 12.6. The molecule has 0 aliphatic carbocycles. The van der Waals surface area contributed by atoms with Crippen molar-refractivity contribution in [2.45, 2.75) is 59.3 Å². The van der Waals surface area contributed by atoms with Gasteiger partial charge in [0.2, 0.25) is 5.88 Å². The van der Waals surface area contributed by atoms with Crippen molar-refractivity contribution in [1.29, 1.82) is 0 Å². The van der Waals surface area contributed by atoms with Gasteiger partial charge in [-0.2, -0.15) is 9.67 Å². The summed E-state index contributed by atoms with van der Waals surface area (Å²) in [5, 5.41) is 13.4. The lowest BCUT2D eigenvalue weighted by Crippen LogP contribution is -2.33. The van der Waals surface area contributed by atoms with Gasteiger partial charge in [-0.1, -0.05) is 11.6 Å². The topological polar surface area (TPSA) is 125 Å². The zero-order chi connectivity index (χ0) is 26.1. The summed E-state index contributed by atoms with van der Waals surface area (Å²) in [6.45, 7) is 4.36. The largest absolute Gasteiger partial charge is 0.468 e. The molecule has 0 bridgehead atoms. The summed E-state index contributed by atoms with van der Waals surface area (Å²) in [7, 11) is 0. The third-order valence-corrected chi connectivity index (χ3v) is 5.68. The predicted molar refractivity (Wildman–Crippen MR) is 118 cm³/mol. The van der Waals surface area contributed by atoms with Gasteiger partial charge in [0.1, 0.15) is 12.9 Å². The standard InChI is InChI=1S/C21H22ClF3N6O4/c1-5-30-16(8-32)29-31(20(30)34)18-13(23)6-12(19(28-18)35-11(3)21(4,24)25)15(33)7-14-17(22)10(2)26-9-27-14/h6,9,11,32H,5,7-8H2,1-4H3/t11-/m0/s1. The molecule has 0 fully saturated rings. The minimum absolute atomic E-state index is 0.0662. The molecule has 10 nitrogen and oxygen atoms in total. The molecule has 0 unspecified atom stereocenters. The van der Waals surface area contributed by atoms with E-state index in [0.717, 1.165) is 17.6 Å². The average Bonchev–Trinajstić information content (AvgIpc) is 3.12. The maximum Gasteiger partial charge on any atom is 0.352 e. The highest BCUT2D eigenvalue weighted by Gasteiger charge is 2.34. The molecular weight excluding hydrogens is 493 g/mol. The molecule has 0 aliphatic rings. The Morgan fingerprint density at radius 3 is 2.60 bits per heavy atom. The quantitative estimate of drug-likeness (QED) is 0.432. The first-order valence-corrected chi connectivity index (χ1v) is 10.8. The minimum Gasteiger partial charge on any atom is -0.468 e. The van der Waals surface area contributed by atoms with Gasteiger partial charge in [0, 0.05) is 13.5 Å². The summed E-state index contributed by atoms with van der Waals surface area (Å²) in [5.41, 5.74) is -0.741. The number of aromatic nitrogens is 6. The van der Waals surface area contributed by atoms with Crippen molar-refractivity contribution in [3.05, 3.63) is 56.5 Å². The highest BCUT2D eigenvalue weighted by molar-refractivity contribution is 6.32. The SMILES string of the molecule is CCn1c(CO)nn(-c2nc(O[C@@H](C)C(C)(F)F)c(C(=O)Cc3ncnc(C)c3Cl)cc2F)c1=O. The molecule has 0 aliphatic heterocycles. The molecule has 188 valence electrons. The van der Waals surface area contributed by atoms with Gasteiger partial charge in [-0.3, -0.25) is 9.36 Å². The Morgan fingerprint density at radius 2 is 2.03 bits per heavy atom. The van der Waals surface area contributed by atoms with Crippen molar-refractivity contribution < 1.29 is 27.8 Å². The van der Waals surface area contributed by atoms with Crippen molar-refractivity contribution in [3.8, 4) is 11.7 Å².